The molecule has 0 aliphatic carbocycles. The Balaban J connectivity index is 2.30. The summed E-state index contributed by atoms with van der Waals surface area (Å²) in [5.41, 5.74) is 5.13. The highest BCUT2D eigenvalue weighted by Crippen LogP contribution is 2.27. The molecule has 0 saturated carbocycles. The third-order valence-electron chi connectivity index (χ3n) is 3.22. The van der Waals surface area contributed by atoms with Gasteiger partial charge in [0.25, 0.3) is 5.91 Å². The van der Waals surface area contributed by atoms with E-state index < -0.39 is 0 Å². The summed E-state index contributed by atoms with van der Waals surface area (Å²) in [7, 11) is 0. The number of fused-ring (bicyclic) bond motifs is 1. The van der Waals surface area contributed by atoms with E-state index in [1.165, 1.54) is 0 Å². The van der Waals surface area contributed by atoms with Crippen LogP contribution in [0.2, 0.25) is 0 Å². The lowest BCUT2D eigenvalue weighted by atomic mass is 10.0. The number of benzene rings is 2. The Labute approximate surface area is 130 Å². The number of rotatable bonds is 2. The van der Waals surface area contributed by atoms with Gasteiger partial charge < -0.3 is 0 Å². The molecule has 0 atom stereocenters. The van der Waals surface area contributed by atoms with E-state index in [1.54, 1.807) is 6.07 Å². The molecule has 0 saturated heterocycles. The van der Waals surface area contributed by atoms with Crippen LogP contribution in [0.15, 0.2) is 59.1 Å². The summed E-state index contributed by atoms with van der Waals surface area (Å²) in [6, 6.07) is 17.1. The van der Waals surface area contributed by atoms with E-state index in [1.807, 2.05) is 48.5 Å². The molecule has 2 aromatic carbocycles. The van der Waals surface area contributed by atoms with E-state index >= 15 is 0 Å². The highest BCUT2D eigenvalue weighted by atomic mass is 79.9. The van der Waals surface area contributed by atoms with Crippen LogP contribution in [-0.2, 0) is 0 Å². The summed E-state index contributed by atoms with van der Waals surface area (Å²) >= 11 is 3.41. The molecule has 1 amide bonds. The molecule has 0 aliphatic heterocycles. The molecule has 4 nitrogen and oxygen atoms in total. The number of nitrogens with two attached hydrogens (primary N) is 1. The average Bonchev–Trinajstić information content (AvgIpc) is 2.54. The highest BCUT2D eigenvalue weighted by Gasteiger charge is 2.13. The quantitative estimate of drug-likeness (QED) is 0.427. The van der Waals surface area contributed by atoms with Crippen molar-refractivity contribution >= 4 is 32.7 Å². The van der Waals surface area contributed by atoms with E-state index in [2.05, 4.69) is 26.3 Å². The van der Waals surface area contributed by atoms with Crippen molar-refractivity contribution in [1.29, 1.82) is 0 Å². The van der Waals surface area contributed by atoms with Gasteiger partial charge in [0, 0.05) is 15.4 Å². The molecule has 0 unspecified atom stereocenters. The second kappa shape index (κ2) is 5.63. The predicted octanol–water partition coefficient (Wildman–Crippen LogP) is 3.27. The van der Waals surface area contributed by atoms with Crippen LogP contribution in [0.3, 0.4) is 0 Å². The number of halogens is 1. The van der Waals surface area contributed by atoms with Crippen molar-refractivity contribution in [3.05, 3.63) is 64.6 Å². The van der Waals surface area contributed by atoms with Gasteiger partial charge in [0.1, 0.15) is 0 Å². The second-order valence-electron chi connectivity index (χ2n) is 4.56. The van der Waals surface area contributed by atoms with Crippen LogP contribution in [0.4, 0.5) is 0 Å². The van der Waals surface area contributed by atoms with Gasteiger partial charge in [-0.1, -0.05) is 46.3 Å². The minimum atomic E-state index is -0.335. The third-order valence-corrected chi connectivity index (χ3v) is 3.71. The summed E-state index contributed by atoms with van der Waals surface area (Å²) in [5.74, 6) is 4.95. The van der Waals surface area contributed by atoms with Crippen molar-refractivity contribution < 1.29 is 4.79 Å². The first kappa shape index (κ1) is 13.7. The summed E-state index contributed by atoms with van der Waals surface area (Å²) in [5, 5.41) is 0.756. The molecule has 104 valence electrons. The fraction of sp³-hybridized carbons (Fsp3) is 0. The highest BCUT2D eigenvalue weighted by molar-refractivity contribution is 9.10. The van der Waals surface area contributed by atoms with Crippen molar-refractivity contribution in [2.45, 2.75) is 0 Å². The van der Waals surface area contributed by atoms with E-state index in [9.17, 15) is 4.79 Å². The van der Waals surface area contributed by atoms with Crippen molar-refractivity contribution in [2.75, 3.05) is 0 Å². The number of carbonyl (C=O) groups excluding carboxylic acids is 1. The van der Waals surface area contributed by atoms with E-state index in [-0.39, 0.29) is 5.91 Å². The SMILES string of the molecule is NNC(=O)c1cc(-c2ccccc2)nc2ccc(Br)cc12. The number of nitrogens with one attached hydrogen (secondary N) is 1. The average molecular weight is 342 g/mol. The molecule has 0 spiro atoms. The van der Waals surface area contributed by atoms with Gasteiger partial charge in [0.05, 0.1) is 16.8 Å². The smallest absolute Gasteiger partial charge is 0.265 e. The number of hydrogen-bond acceptors (Lipinski definition) is 3. The zero-order valence-electron chi connectivity index (χ0n) is 11.0. The normalized spacial score (nSPS) is 10.6. The largest absolute Gasteiger partial charge is 0.290 e. The van der Waals surface area contributed by atoms with Crippen molar-refractivity contribution in [3.8, 4) is 11.3 Å². The molecule has 0 fully saturated rings. The molecule has 1 aromatic heterocycles. The Morgan fingerprint density at radius 2 is 1.86 bits per heavy atom. The van der Waals surface area contributed by atoms with E-state index in [0.717, 1.165) is 26.6 Å². The predicted molar refractivity (Wildman–Crippen MR) is 86.5 cm³/mol. The number of hydrazine groups is 1. The lowest BCUT2D eigenvalue weighted by molar-refractivity contribution is 0.0955. The maximum absolute atomic E-state index is 12.0. The molecule has 3 rings (SSSR count). The zero-order valence-corrected chi connectivity index (χ0v) is 12.6. The van der Waals surface area contributed by atoms with Crippen LogP contribution >= 0.6 is 15.9 Å². The van der Waals surface area contributed by atoms with E-state index in [0.29, 0.717) is 5.56 Å². The first-order chi connectivity index (χ1) is 10.2. The maximum atomic E-state index is 12.0. The van der Waals surface area contributed by atoms with Gasteiger partial charge in [-0.2, -0.15) is 0 Å². The van der Waals surface area contributed by atoms with Crippen LogP contribution in [0.25, 0.3) is 22.2 Å². The van der Waals surface area contributed by atoms with Gasteiger partial charge in [-0.05, 0) is 24.3 Å². The van der Waals surface area contributed by atoms with Gasteiger partial charge in [-0.3, -0.25) is 10.2 Å². The minimum absolute atomic E-state index is 0.335. The number of nitrogens with zero attached hydrogens (tertiary/aromatic N) is 1. The van der Waals surface area contributed by atoms with Gasteiger partial charge in [-0.25, -0.2) is 10.8 Å². The molecule has 0 aliphatic rings. The van der Waals surface area contributed by atoms with Gasteiger partial charge in [0.15, 0.2) is 0 Å². The molecular formula is C16H12BrN3O. The van der Waals surface area contributed by atoms with Crippen LogP contribution in [0.1, 0.15) is 10.4 Å². The summed E-state index contributed by atoms with van der Waals surface area (Å²) < 4.78 is 0.885. The van der Waals surface area contributed by atoms with E-state index in [4.69, 9.17) is 5.84 Å². The van der Waals surface area contributed by atoms with Crippen LogP contribution in [-0.4, -0.2) is 10.9 Å². The number of amides is 1. The number of carbonyl (C=O) groups is 1. The van der Waals surface area contributed by atoms with Crippen molar-refractivity contribution in [3.63, 3.8) is 0 Å². The Hall–Kier alpha value is -2.24. The standard InChI is InChI=1S/C16H12BrN3O/c17-11-6-7-14-12(8-11)13(16(21)20-18)9-15(19-14)10-4-2-1-3-5-10/h1-9H,18H2,(H,20,21). The number of hydrogen-bond donors (Lipinski definition) is 2. The molecule has 1 heterocycles. The maximum Gasteiger partial charge on any atom is 0.265 e. The van der Waals surface area contributed by atoms with Crippen LogP contribution < -0.4 is 11.3 Å². The second-order valence-corrected chi connectivity index (χ2v) is 5.47. The molecule has 21 heavy (non-hydrogen) atoms. The number of nitrogen functional groups attached to an aromatic ring is 1. The Kier molecular flexibility index (Phi) is 3.68. The van der Waals surface area contributed by atoms with Crippen LogP contribution in [0, 0.1) is 0 Å². The van der Waals surface area contributed by atoms with Gasteiger partial charge >= 0.3 is 0 Å². The monoisotopic (exact) mass is 341 g/mol. The molecule has 3 aromatic rings. The lowest BCUT2D eigenvalue weighted by Gasteiger charge is -2.09. The molecular weight excluding hydrogens is 330 g/mol. The molecule has 5 heteroatoms. The van der Waals surface area contributed by atoms with Crippen molar-refractivity contribution in [1.82, 2.24) is 10.4 Å². The first-order valence-electron chi connectivity index (χ1n) is 6.36. The van der Waals surface area contributed by atoms with Crippen LogP contribution in [0.5, 0.6) is 0 Å². The zero-order chi connectivity index (χ0) is 14.8. The molecule has 3 N–H and O–H groups in total. The summed E-state index contributed by atoms with van der Waals surface area (Å²) in [6.45, 7) is 0. The topological polar surface area (TPSA) is 68.0 Å². The molecule has 0 bridgehead atoms. The summed E-state index contributed by atoms with van der Waals surface area (Å²) in [6.07, 6.45) is 0. The number of pyridine rings is 1. The summed E-state index contributed by atoms with van der Waals surface area (Å²) in [4.78, 5) is 16.7. The van der Waals surface area contributed by atoms with Gasteiger partial charge in [0.2, 0.25) is 0 Å². The number of aromatic nitrogens is 1. The lowest BCUT2D eigenvalue weighted by Crippen LogP contribution is -2.30. The Morgan fingerprint density at radius 3 is 2.57 bits per heavy atom. The first-order valence-corrected chi connectivity index (χ1v) is 7.15. The van der Waals surface area contributed by atoms with Crippen molar-refractivity contribution in [2.24, 2.45) is 5.84 Å². The minimum Gasteiger partial charge on any atom is -0.290 e. The van der Waals surface area contributed by atoms with Gasteiger partial charge in [-0.15, -0.1) is 0 Å². The Morgan fingerprint density at radius 1 is 1.10 bits per heavy atom. The fourth-order valence-electron chi connectivity index (χ4n) is 2.22. The molecule has 0 radical (unpaired) electrons. The fourth-order valence-corrected chi connectivity index (χ4v) is 2.58. The third kappa shape index (κ3) is 2.66. The Bertz CT molecular complexity index is 818.